The van der Waals surface area contributed by atoms with Crippen molar-refractivity contribution < 1.29 is 4.79 Å². The Labute approximate surface area is 153 Å². The number of pyridine rings is 1. The highest BCUT2D eigenvalue weighted by atomic mass is 35.5. The van der Waals surface area contributed by atoms with Crippen molar-refractivity contribution in [3.8, 4) is 0 Å². The number of nitrogens with one attached hydrogen (secondary N) is 2. The number of hydrogen-bond acceptors (Lipinski definition) is 4. The van der Waals surface area contributed by atoms with Crippen LogP contribution in [0.2, 0.25) is 10.0 Å². The van der Waals surface area contributed by atoms with Gasteiger partial charge in [-0.3, -0.25) is 4.79 Å². The second-order valence-electron chi connectivity index (χ2n) is 5.02. The summed E-state index contributed by atoms with van der Waals surface area (Å²) >= 11 is 13.5. The topological polar surface area (TPSA) is 54.0 Å². The lowest BCUT2D eigenvalue weighted by Crippen LogP contribution is -2.14. The van der Waals surface area contributed by atoms with Crippen molar-refractivity contribution in [2.75, 3.05) is 10.6 Å². The van der Waals surface area contributed by atoms with Crippen LogP contribution in [0, 0.1) is 0 Å². The minimum Gasteiger partial charge on any atom is -0.354 e. The van der Waals surface area contributed by atoms with E-state index in [2.05, 4.69) is 15.6 Å². The number of anilines is 3. The molecule has 3 rings (SSSR count). The van der Waals surface area contributed by atoms with Crippen LogP contribution in [0.4, 0.5) is 17.2 Å². The van der Waals surface area contributed by atoms with Crippen molar-refractivity contribution in [1.29, 1.82) is 0 Å². The summed E-state index contributed by atoms with van der Waals surface area (Å²) in [4.78, 5) is 17.2. The van der Waals surface area contributed by atoms with Crippen LogP contribution < -0.4 is 10.6 Å². The number of halogens is 2. The fraction of sp³-hybridized carbons (Fsp3) is 0.0588. The lowest BCUT2D eigenvalue weighted by atomic mass is 10.3. The van der Waals surface area contributed by atoms with Crippen molar-refractivity contribution in [3.63, 3.8) is 0 Å². The minimum absolute atomic E-state index is 0.0905. The maximum atomic E-state index is 11.9. The van der Waals surface area contributed by atoms with Gasteiger partial charge in [0.05, 0.1) is 18.3 Å². The van der Waals surface area contributed by atoms with Crippen molar-refractivity contribution in [3.05, 3.63) is 69.0 Å². The molecule has 2 heterocycles. The number of aromatic nitrogens is 1. The van der Waals surface area contributed by atoms with Crippen LogP contribution in [0.1, 0.15) is 4.88 Å². The Hall–Kier alpha value is -2.08. The van der Waals surface area contributed by atoms with Gasteiger partial charge >= 0.3 is 0 Å². The first-order chi connectivity index (χ1) is 11.6. The van der Waals surface area contributed by atoms with E-state index < -0.39 is 0 Å². The third-order valence-electron chi connectivity index (χ3n) is 3.10. The standard InChI is InChI=1S/C17H13Cl2N3OS/c18-11-6-12(19)8-14(7-11)21-13-3-4-16(20-10-13)22-17(23)9-15-2-1-5-24-15/h1-8,10,21H,9H2,(H,20,22,23). The first-order valence-electron chi connectivity index (χ1n) is 7.10. The van der Waals surface area contributed by atoms with Crippen LogP contribution >= 0.6 is 34.5 Å². The third kappa shape index (κ3) is 4.71. The average Bonchev–Trinajstić information content (AvgIpc) is 3.01. The molecular formula is C17H13Cl2N3OS. The lowest BCUT2D eigenvalue weighted by Gasteiger charge is -2.08. The highest BCUT2D eigenvalue weighted by Crippen LogP contribution is 2.25. The Kier molecular flexibility index (Phi) is 5.35. The van der Waals surface area contributed by atoms with Crippen LogP contribution in [-0.4, -0.2) is 10.9 Å². The van der Waals surface area contributed by atoms with Gasteiger partial charge in [-0.15, -0.1) is 11.3 Å². The number of carbonyl (C=O) groups is 1. The van der Waals surface area contributed by atoms with E-state index in [0.29, 0.717) is 22.3 Å². The van der Waals surface area contributed by atoms with Gasteiger partial charge in [0.25, 0.3) is 0 Å². The van der Waals surface area contributed by atoms with Crippen molar-refractivity contribution in [1.82, 2.24) is 4.98 Å². The molecule has 0 aliphatic rings. The summed E-state index contributed by atoms with van der Waals surface area (Å²) in [5, 5.41) is 8.99. The van der Waals surface area contributed by atoms with Gasteiger partial charge in [-0.05, 0) is 41.8 Å². The summed E-state index contributed by atoms with van der Waals surface area (Å²) in [7, 11) is 0. The molecule has 1 aromatic carbocycles. The molecule has 0 bridgehead atoms. The second kappa shape index (κ2) is 7.66. The van der Waals surface area contributed by atoms with Crippen molar-refractivity contribution >= 4 is 57.6 Å². The fourth-order valence-electron chi connectivity index (χ4n) is 2.09. The molecular weight excluding hydrogens is 365 g/mol. The first kappa shape index (κ1) is 16.8. The number of nitrogens with zero attached hydrogens (tertiary/aromatic N) is 1. The largest absolute Gasteiger partial charge is 0.354 e. The molecule has 7 heteroatoms. The number of rotatable bonds is 5. The SMILES string of the molecule is O=C(Cc1cccs1)Nc1ccc(Nc2cc(Cl)cc(Cl)c2)cn1. The molecule has 0 saturated carbocycles. The zero-order valence-corrected chi connectivity index (χ0v) is 14.8. The Bertz CT molecular complexity index is 815. The maximum absolute atomic E-state index is 11.9. The van der Waals surface area contributed by atoms with E-state index in [1.165, 1.54) is 0 Å². The summed E-state index contributed by atoms with van der Waals surface area (Å²) in [6, 6.07) is 12.6. The van der Waals surface area contributed by atoms with E-state index in [1.54, 1.807) is 41.8 Å². The molecule has 4 nitrogen and oxygen atoms in total. The van der Waals surface area contributed by atoms with Gasteiger partial charge in [0.2, 0.25) is 5.91 Å². The zero-order valence-electron chi connectivity index (χ0n) is 12.4. The zero-order chi connectivity index (χ0) is 16.9. The number of amides is 1. The number of thiophene rings is 1. The highest BCUT2D eigenvalue weighted by Gasteiger charge is 2.06. The molecule has 1 amide bonds. The summed E-state index contributed by atoms with van der Waals surface area (Å²) in [6.07, 6.45) is 1.98. The predicted molar refractivity (Wildman–Crippen MR) is 101 cm³/mol. The maximum Gasteiger partial charge on any atom is 0.230 e. The van der Waals surface area contributed by atoms with E-state index in [0.717, 1.165) is 16.3 Å². The van der Waals surface area contributed by atoms with Crippen LogP contribution in [0.3, 0.4) is 0 Å². The van der Waals surface area contributed by atoms with Gasteiger partial charge in [0, 0.05) is 20.6 Å². The first-order valence-corrected chi connectivity index (χ1v) is 8.73. The molecule has 0 saturated heterocycles. The average molecular weight is 378 g/mol. The van der Waals surface area contributed by atoms with Crippen LogP contribution in [-0.2, 0) is 11.2 Å². The minimum atomic E-state index is -0.0905. The Balaban J connectivity index is 1.61. The molecule has 0 fully saturated rings. The second-order valence-corrected chi connectivity index (χ2v) is 6.92. The number of benzene rings is 1. The summed E-state index contributed by atoms with van der Waals surface area (Å²) in [5.74, 6) is 0.415. The van der Waals surface area contributed by atoms with E-state index in [-0.39, 0.29) is 5.91 Å². The third-order valence-corrected chi connectivity index (χ3v) is 4.41. The molecule has 0 unspecified atom stereocenters. The predicted octanol–water partition coefficient (Wildman–Crippen LogP) is 5.37. The van der Waals surface area contributed by atoms with Crippen molar-refractivity contribution in [2.45, 2.75) is 6.42 Å². The van der Waals surface area contributed by atoms with E-state index in [9.17, 15) is 4.79 Å². The van der Waals surface area contributed by atoms with Crippen LogP contribution in [0.25, 0.3) is 0 Å². The molecule has 2 N–H and O–H groups in total. The van der Waals surface area contributed by atoms with Crippen LogP contribution in [0.15, 0.2) is 54.0 Å². The van der Waals surface area contributed by atoms with Gasteiger partial charge in [0.1, 0.15) is 5.82 Å². The van der Waals surface area contributed by atoms with E-state index in [1.807, 2.05) is 23.6 Å². The molecule has 0 atom stereocenters. The van der Waals surface area contributed by atoms with Gasteiger partial charge in [-0.2, -0.15) is 0 Å². The number of carbonyl (C=O) groups excluding carboxylic acids is 1. The highest BCUT2D eigenvalue weighted by molar-refractivity contribution is 7.10. The lowest BCUT2D eigenvalue weighted by molar-refractivity contribution is -0.115. The quantitative estimate of drug-likeness (QED) is 0.627. The Morgan fingerprint density at radius 2 is 1.88 bits per heavy atom. The molecule has 24 heavy (non-hydrogen) atoms. The van der Waals surface area contributed by atoms with E-state index >= 15 is 0 Å². The monoisotopic (exact) mass is 377 g/mol. The molecule has 0 spiro atoms. The van der Waals surface area contributed by atoms with Crippen LogP contribution in [0.5, 0.6) is 0 Å². The molecule has 0 aliphatic carbocycles. The molecule has 122 valence electrons. The summed E-state index contributed by atoms with van der Waals surface area (Å²) in [5.41, 5.74) is 1.54. The Morgan fingerprint density at radius 3 is 2.50 bits per heavy atom. The molecule has 0 aliphatic heterocycles. The van der Waals surface area contributed by atoms with Crippen molar-refractivity contribution in [2.24, 2.45) is 0 Å². The summed E-state index contributed by atoms with van der Waals surface area (Å²) in [6.45, 7) is 0. The molecule has 0 radical (unpaired) electrons. The van der Waals surface area contributed by atoms with Gasteiger partial charge in [-0.25, -0.2) is 4.98 Å². The smallest absolute Gasteiger partial charge is 0.230 e. The van der Waals surface area contributed by atoms with Gasteiger partial charge < -0.3 is 10.6 Å². The molecule has 3 aromatic rings. The Morgan fingerprint density at radius 1 is 1.08 bits per heavy atom. The summed E-state index contributed by atoms with van der Waals surface area (Å²) < 4.78 is 0. The van der Waals surface area contributed by atoms with Gasteiger partial charge in [0.15, 0.2) is 0 Å². The molecule has 2 aromatic heterocycles. The fourth-order valence-corrected chi connectivity index (χ4v) is 3.32. The number of hydrogen-bond donors (Lipinski definition) is 2. The van der Waals surface area contributed by atoms with E-state index in [4.69, 9.17) is 23.2 Å². The van der Waals surface area contributed by atoms with Gasteiger partial charge in [-0.1, -0.05) is 29.3 Å². The normalized spacial score (nSPS) is 10.4.